The number of carbonyl (C=O) groups excluding carboxylic acids is 4. The number of amides is 2. The van der Waals surface area contributed by atoms with Gasteiger partial charge in [-0.15, -0.1) is 0 Å². The quantitative estimate of drug-likeness (QED) is 0.185. The molecule has 28 heavy (non-hydrogen) atoms. The van der Waals surface area contributed by atoms with E-state index in [4.69, 9.17) is 9.84 Å². The van der Waals surface area contributed by atoms with E-state index in [0.29, 0.717) is 0 Å². The molecule has 0 aromatic rings. The van der Waals surface area contributed by atoms with Crippen molar-refractivity contribution >= 4 is 40.6 Å². The summed E-state index contributed by atoms with van der Waals surface area (Å²) in [6.07, 6.45) is 0.216. The first-order valence-electron chi connectivity index (χ1n) is 8.39. The molecule has 0 fully saturated rings. The summed E-state index contributed by atoms with van der Waals surface area (Å²) in [5.74, 6) is -2.51. The average molecular weight is 418 g/mol. The third kappa shape index (κ3) is 12.1. The molecular formula is C17H26N2O8S. The average Bonchev–Trinajstić information content (AvgIpc) is 2.61. The van der Waals surface area contributed by atoms with Crippen LogP contribution in [0.15, 0.2) is 12.2 Å². The van der Waals surface area contributed by atoms with Gasteiger partial charge >= 0.3 is 11.9 Å². The lowest BCUT2D eigenvalue weighted by atomic mass is 9.87. The molecule has 0 radical (unpaired) electrons. The molecule has 11 heteroatoms. The molecule has 0 aromatic carbocycles. The van der Waals surface area contributed by atoms with E-state index in [9.17, 15) is 29.1 Å². The molecule has 158 valence electrons. The fraction of sp³-hybridized carbons (Fsp3) is 0.588. The standard InChI is InChI=1S/C17H26N2O8S/c1-11(20)27-10-17(2,3)15(25)16(26)19-7-6-12(21)18-8-9-28-14(24)5-4-13(22)23/h4-5,15,25H,6-10H2,1-3H3,(H,18,21)(H,19,26)(H,22,23)/b5-4+. The second-order valence-electron chi connectivity index (χ2n) is 6.40. The lowest BCUT2D eigenvalue weighted by Crippen LogP contribution is -2.46. The molecule has 4 N–H and O–H groups in total. The molecule has 0 aliphatic heterocycles. The molecule has 10 nitrogen and oxygen atoms in total. The number of aliphatic hydroxyl groups excluding tert-OH is 1. The Bertz CT molecular complexity index is 618. The Morgan fingerprint density at radius 2 is 1.75 bits per heavy atom. The highest BCUT2D eigenvalue weighted by Gasteiger charge is 2.34. The maximum Gasteiger partial charge on any atom is 0.328 e. The molecule has 1 atom stereocenters. The van der Waals surface area contributed by atoms with Crippen LogP contribution >= 0.6 is 11.8 Å². The summed E-state index contributed by atoms with van der Waals surface area (Å²) in [4.78, 5) is 56.0. The van der Waals surface area contributed by atoms with Gasteiger partial charge in [0.1, 0.15) is 6.10 Å². The van der Waals surface area contributed by atoms with E-state index in [1.165, 1.54) is 6.92 Å². The van der Waals surface area contributed by atoms with E-state index in [2.05, 4.69) is 10.6 Å². The maximum atomic E-state index is 11.9. The van der Waals surface area contributed by atoms with Gasteiger partial charge in [-0.25, -0.2) is 4.79 Å². The Morgan fingerprint density at radius 1 is 1.11 bits per heavy atom. The summed E-state index contributed by atoms with van der Waals surface area (Å²) in [6.45, 7) is 4.42. The third-order valence-electron chi connectivity index (χ3n) is 3.32. The van der Waals surface area contributed by atoms with Gasteiger partial charge < -0.3 is 25.6 Å². The fourth-order valence-electron chi connectivity index (χ4n) is 1.74. The van der Waals surface area contributed by atoms with Crippen molar-refractivity contribution in [2.45, 2.75) is 33.3 Å². The van der Waals surface area contributed by atoms with Crippen LogP contribution in [0.5, 0.6) is 0 Å². The molecule has 0 rings (SSSR count). The highest BCUT2D eigenvalue weighted by molar-refractivity contribution is 8.14. The van der Waals surface area contributed by atoms with Crippen LogP contribution in [0.3, 0.4) is 0 Å². The zero-order chi connectivity index (χ0) is 21.7. The van der Waals surface area contributed by atoms with Crippen molar-refractivity contribution in [2.24, 2.45) is 5.41 Å². The van der Waals surface area contributed by atoms with Crippen molar-refractivity contribution in [3.05, 3.63) is 12.2 Å². The number of aliphatic carboxylic acids is 1. The van der Waals surface area contributed by atoms with Crippen LogP contribution in [0.4, 0.5) is 0 Å². The van der Waals surface area contributed by atoms with Gasteiger partial charge in [-0.3, -0.25) is 19.2 Å². The van der Waals surface area contributed by atoms with Crippen molar-refractivity contribution in [1.82, 2.24) is 10.6 Å². The normalized spacial score (nSPS) is 12.3. The minimum absolute atomic E-state index is 0.00120. The SMILES string of the molecule is CC(=O)OCC(C)(C)C(O)C(=O)NCCC(=O)NCCSC(=O)/C=C/C(=O)O. The molecule has 0 saturated carbocycles. The van der Waals surface area contributed by atoms with E-state index >= 15 is 0 Å². The van der Waals surface area contributed by atoms with E-state index < -0.39 is 34.5 Å². The number of aliphatic hydroxyl groups is 1. The van der Waals surface area contributed by atoms with Crippen LogP contribution in [0.1, 0.15) is 27.2 Å². The Labute approximate surface area is 167 Å². The first-order valence-corrected chi connectivity index (χ1v) is 9.38. The predicted octanol–water partition coefficient (Wildman–Crippen LogP) is -0.540. The van der Waals surface area contributed by atoms with Gasteiger partial charge in [-0.1, -0.05) is 25.6 Å². The lowest BCUT2D eigenvalue weighted by Gasteiger charge is -2.28. The Morgan fingerprint density at radius 3 is 2.32 bits per heavy atom. The summed E-state index contributed by atoms with van der Waals surface area (Å²) in [5, 5.41) is 23.0. The number of hydrogen-bond donors (Lipinski definition) is 4. The fourth-order valence-corrected chi connectivity index (χ4v) is 2.30. The van der Waals surface area contributed by atoms with Crippen LogP contribution in [0.25, 0.3) is 0 Å². The number of ether oxygens (including phenoxy) is 1. The molecule has 0 aliphatic rings. The topological polar surface area (TPSA) is 159 Å². The summed E-state index contributed by atoms with van der Waals surface area (Å²) >= 11 is 0.860. The number of thioether (sulfide) groups is 1. The zero-order valence-corrected chi connectivity index (χ0v) is 16.8. The Kier molecular flexibility index (Phi) is 11.8. The molecule has 0 bridgehead atoms. The van der Waals surface area contributed by atoms with Gasteiger partial charge in [0.05, 0.1) is 6.61 Å². The number of rotatable bonds is 12. The molecular weight excluding hydrogens is 392 g/mol. The van der Waals surface area contributed by atoms with E-state index in [0.717, 1.165) is 23.9 Å². The van der Waals surface area contributed by atoms with Crippen molar-refractivity contribution < 1.29 is 38.9 Å². The first-order chi connectivity index (χ1) is 13.0. The van der Waals surface area contributed by atoms with Crippen LogP contribution < -0.4 is 10.6 Å². The lowest BCUT2D eigenvalue weighted by molar-refractivity contribution is -0.151. The molecule has 0 saturated heterocycles. The predicted molar refractivity (Wildman–Crippen MR) is 101 cm³/mol. The zero-order valence-electron chi connectivity index (χ0n) is 16.0. The summed E-state index contributed by atoms with van der Waals surface area (Å²) < 4.78 is 4.82. The first kappa shape index (κ1) is 25.6. The Balaban J connectivity index is 4.04. The van der Waals surface area contributed by atoms with Gasteiger partial charge in [0.25, 0.3) is 0 Å². The minimum atomic E-state index is -1.42. The second kappa shape index (κ2) is 12.9. The van der Waals surface area contributed by atoms with E-state index in [-0.39, 0.29) is 37.8 Å². The minimum Gasteiger partial charge on any atom is -0.478 e. The van der Waals surface area contributed by atoms with Crippen LogP contribution in [0.2, 0.25) is 0 Å². The van der Waals surface area contributed by atoms with Gasteiger partial charge in [0.15, 0.2) is 0 Å². The van der Waals surface area contributed by atoms with Gasteiger partial charge in [-0.05, 0) is 6.08 Å². The monoisotopic (exact) mass is 418 g/mol. The van der Waals surface area contributed by atoms with Gasteiger partial charge in [0, 0.05) is 43.7 Å². The molecule has 1 unspecified atom stereocenters. The molecule has 0 aromatic heterocycles. The van der Waals surface area contributed by atoms with E-state index in [1.54, 1.807) is 13.8 Å². The van der Waals surface area contributed by atoms with Crippen LogP contribution in [-0.4, -0.2) is 70.6 Å². The summed E-state index contributed by atoms with van der Waals surface area (Å²) in [7, 11) is 0. The number of carboxylic acids is 1. The van der Waals surface area contributed by atoms with Crippen molar-refractivity contribution in [3.63, 3.8) is 0 Å². The largest absolute Gasteiger partial charge is 0.478 e. The highest BCUT2D eigenvalue weighted by atomic mass is 32.2. The number of nitrogens with one attached hydrogen (secondary N) is 2. The van der Waals surface area contributed by atoms with Gasteiger partial charge in [-0.2, -0.15) is 0 Å². The third-order valence-corrected chi connectivity index (χ3v) is 4.15. The number of carboxylic acid groups (broad SMARTS) is 1. The number of hydrogen-bond acceptors (Lipinski definition) is 8. The molecule has 0 aliphatic carbocycles. The van der Waals surface area contributed by atoms with E-state index in [1.807, 2.05) is 0 Å². The Hall–Kier alpha value is -2.40. The van der Waals surface area contributed by atoms with Crippen molar-refractivity contribution in [2.75, 3.05) is 25.4 Å². The van der Waals surface area contributed by atoms with Crippen molar-refractivity contribution in [3.8, 4) is 0 Å². The molecule has 0 spiro atoms. The molecule has 2 amide bonds. The number of esters is 1. The highest BCUT2D eigenvalue weighted by Crippen LogP contribution is 2.21. The van der Waals surface area contributed by atoms with Gasteiger partial charge in [0.2, 0.25) is 16.9 Å². The van der Waals surface area contributed by atoms with Crippen molar-refractivity contribution in [1.29, 1.82) is 0 Å². The second-order valence-corrected chi connectivity index (χ2v) is 7.50. The smallest absolute Gasteiger partial charge is 0.328 e. The van der Waals surface area contributed by atoms with Crippen LogP contribution in [-0.2, 0) is 28.7 Å². The summed E-state index contributed by atoms with van der Waals surface area (Å²) in [5.41, 5.74) is -0.989. The number of carbonyl (C=O) groups is 5. The molecule has 0 heterocycles. The summed E-state index contributed by atoms with van der Waals surface area (Å²) in [6, 6.07) is 0. The maximum absolute atomic E-state index is 11.9. The van der Waals surface area contributed by atoms with Crippen LogP contribution in [0, 0.1) is 5.41 Å².